The van der Waals surface area contributed by atoms with Crippen LogP contribution in [0.1, 0.15) is 130 Å². The number of rotatable bonds is 19. The summed E-state index contributed by atoms with van der Waals surface area (Å²) in [7, 11) is 0. The predicted molar refractivity (Wildman–Crippen MR) is 119 cm³/mol. The van der Waals surface area contributed by atoms with Crippen molar-refractivity contribution in [2.75, 3.05) is 6.61 Å². The molecule has 0 aromatic heterocycles. The molecule has 2 heteroatoms. The summed E-state index contributed by atoms with van der Waals surface area (Å²) in [5.74, 6) is 0.303. The van der Waals surface area contributed by atoms with Gasteiger partial charge >= 0.3 is 5.97 Å². The molecule has 160 valence electrons. The maximum atomic E-state index is 11.6. The van der Waals surface area contributed by atoms with Crippen LogP contribution in [0.3, 0.4) is 0 Å². The minimum atomic E-state index is -0.166. The van der Waals surface area contributed by atoms with Crippen molar-refractivity contribution in [3.8, 4) is 0 Å². The van der Waals surface area contributed by atoms with Gasteiger partial charge in [0.2, 0.25) is 0 Å². The molecule has 0 unspecified atom stereocenters. The van der Waals surface area contributed by atoms with Gasteiger partial charge in [0.15, 0.2) is 0 Å². The Kier molecular flexibility index (Phi) is 19.4. The van der Waals surface area contributed by atoms with Gasteiger partial charge in [0.1, 0.15) is 0 Å². The molecule has 0 radical (unpaired) electrons. The second kappa shape index (κ2) is 20.0. The van der Waals surface area contributed by atoms with Crippen LogP contribution in [0.4, 0.5) is 0 Å². The molecule has 0 amide bonds. The Bertz CT molecular complexity index is 359. The highest BCUT2D eigenvalue weighted by Crippen LogP contribution is 2.16. The Labute approximate surface area is 170 Å². The van der Waals surface area contributed by atoms with Crippen LogP contribution in [0.2, 0.25) is 0 Å². The van der Waals surface area contributed by atoms with Gasteiger partial charge in [0.05, 0.1) is 6.61 Å². The lowest BCUT2D eigenvalue weighted by Crippen LogP contribution is -2.06. The van der Waals surface area contributed by atoms with Crippen molar-refractivity contribution in [1.82, 2.24) is 0 Å². The zero-order chi connectivity index (χ0) is 20.2. The predicted octanol–water partition coefficient (Wildman–Crippen LogP) is 8.39. The second-order valence-corrected chi connectivity index (χ2v) is 8.29. The summed E-state index contributed by atoms with van der Waals surface area (Å²) in [4.78, 5) is 11.6. The molecule has 1 atom stereocenters. The van der Waals surface area contributed by atoms with Crippen LogP contribution >= 0.6 is 0 Å². The van der Waals surface area contributed by atoms with Gasteiger partial charge in [0.25, 0.3) is 0 Å². The molecule has 0 aromatic carbocycles. The number of hydrogen-bond donors (Lipinski definition) is 0. The van der Waals surface area contributed by atoms with Gasteiger partial charge in [-0.1, -0.05) is 116 Å². The van der Waals surface area contributed by atoms with E-state index in [4.69, 9.17) is 4.74 Å². The normalized spacial score (nSPS) is 13.0. The van der Waals surface area contributed by atoms with Gasteiger partial charge in [-0.25, -0.2) is 4.79 Å². The number of carbonyl (C=O) groups is 1. The quantitative estimate of drug-likeness (QED) is 0.128. The average Bonchev–Trinajstić information content (AvgIpc) is 2.65. The lowest BCUT2D eigenvalue weighted by molar-refractivity contribution is -0.138. The van der Waals surface area contributed by atoms with Crippen LogP contribution in [-0.2, 0) is 9.53 Å². The third kappa shape index (κ3) is 18.3. The highest BCUT2D eigenvalue weighted by molar-refractivity contribution is 5.87. The first-order valence-corrected chi connectivity index (χ1v) is 12.0. The van der Waals surface area contributed by atoms with E-state index >= 15 is 0 Å². The van der Waals surface area contributed by atoms with Crippen LogP contribution in [-0.4, -0.2) is 12.6 Å². The molecule has 0 fully saturated rings. The second-order valence-electron chi connectivity index (χ2n) is 8.29. The Morgan fingerprint density at radius 1 is 0.741 bits per heavy atom. The molecule has 0 saturated carbocycles. The monoisotopic (exact) mass is 380 g/mol. The van der Waals surface area contributed by atoms with Gasteiger partial charge in [-0.2, -0.15) is 0 Å². The Hall–Kier alpha value is -0.790. The Morgan fingerprint density at radius 3 is 1.56 bits per heavy atom. The number of allylic oxidation sites excluding steroid dienone is 1. The number of unbranched alkanes of at least 4 members (excludes halogenated alkanes) is 14. The van der Waals surface area contributed by atoms with Crippen LogP contribution in [0.5, 0.6) is 0 Å². The van der Waals surface area contributed by atoms with Crippen LogP contribution in [0.25, 0.3) is 0 Å². The molecule has 0 saturated heterocycles. The molecule has 0 bridgehead atoms. The molecular weight excluding hydrogens is 332 g/mol. The number of hydrogen-bond acceptors (Lipinski definition) is 2. The van der Waals surface area contributed by atoms with E-state index in [2.05, 4.69) is 19.9 Å². The van der Waals surface area contributed by atoms with Crippen LogP contribution < -0.4 is 0 Å². The molecule has 0 aliphatic rings. The maximum Gasteiger partial charge on any atom is 0.333 e. The minimum Gasteiger partial charge on any atom is -0.463 e. The van der Waals surface area contributed by atoms with E-state index in [1.54, 1.807) is 0 Å². The largest absolute Gasteiger partial charge is 0.463 e. The number of esters is 1. The van der Waals surface area contributed by atoms with Crippen molar-refractivity contribution in [3.05, 3.63) is 11.6 Å². The van der Waals surface area contributed by atoms with Gasteiger partial charge in [-0.3, -0.25) is 0 Å². The summed E-state index contributed by atoms with van der Waals surface area (Å²) < 4.78 is 5.03. The summed E-state index contributed by atoms with van der Waals surface area (Å²) in [6.45, 7) is 8.66. The van der Waals surface area contributed by atoms with E-state index in [0.29, 0.717) is 12.5 Å². The first-order valence-electron chi connectivity index (χ1n) is 12.0. The Morgan fingerprint density at radius 2 is 1.15 bits per heavy atom. The molecule has 2 nitrogen and oxygen atoms in total. The summed E-state index contributed by atoms with van der Waals surface area (Å²) in [5.41, 5.74) is 0.755. The van der Waals surface area contributed by atoms with E-state index < -0.39 is 0 Å². The summed E-state index contributed by atoms with van der Waals surface area (Å²) in [6, 6.07) is 0. The first-order chi connectivity index (χ1) is 13.1. The summed E-state index contributed by atoms with van der Waals surface area (Å²) >= 11 is 0. The fourth-order valence-corrected chi connectivity index (χ4v) is 3.66. The molecule has 0 aliphatic heterocycles. The van der Waals surface area contributed by atoms with Crippen molar-refractivity contribution in [3.63, 3.8) is 0 Å². The highest BCUT2D eigenvalue weighted by atomic mass is 16.5. The Balaban J connectivity index is 3.35. The number of ether oxygens (including phenoxy) is 1. The molecular formula is C25H48O2. The van der Waals surface area contributed by atoms with Crippen molar-refractivity contribution >= 4 is 5.97 Å². The zero-order valence-electron chi connectivity index (χ0n) is 19.0. The van der Waals surface area contributed by atoms with Gasteiger partial charge in [-0.05, 0) is 26.2 Å². The van der Waals surface area contributed by atoms with Crippen LogP contribution in [0, 0.1) is 5.92 Å². The van der Waals surface area contributed by atoms with Crippen molar-refractivity contribution in [1.29, 1.82) is 0 Å². The average molecular weight is 381 g/mol. The first kappa shape index (κ1) is 26.2. The molecule has 0 aromatic rings. The fourth-order valence-electron chi connectivity index (χ4n) is 3.66. The fraction of sp³-hybridized carbons (Fsp3) is 0.880. The topological polar surface area (TPSA) is 26.3 Å². The van der Waals surface area contributed by atoms with E-state index in [0.717, 1.165) is 5.57 Å². The van der Waals surface area contributed by atoms with Gasteiger partial charge in [-0.15, -0.1) is 0 Å². The molecule has 0 heterocycles. The van der Waals surface area contributed by atoms with Crippen molar-refractivity contribution in [2.24, 2.45) is 5.92 Å². The maximum absolute atomic E-state index is 11.6. The van der Waals surface area contributed by atoms with Gasteiger partial charge < -0.3 is 4.74 Å². The SMILES string of the molecule is CCCCCCCCCCCCCCCCC[C@@H](C)/C=C(\C)C(=O)OCC. The zero-order valence-corrected chi connectivity index (χ0v) is 19.0. The molecule has 0 spiro atoms. The minimum absolute atomic E-state index is 0.166. The van der Waals surface area contributed by atoms with E-state index in [9.17, 15) is 4.79 Å². The van der Waals surface area contributed by atoms with Crippen molar-refractivity contribution in [2.45, 2.75) is 130 Å². The summed E-state index contributed by atoms with van der Waals surface area (Å²) in [5, 5.41) is 0. The molecule has 27 heavy (non-hydrogen) atoms. The lowest BCUT2D eigenvalue weighted by atomic mass is 9.99. The molecule has 0 rings (SSSR count). The molecule has 0 N–H and O–H groups in total. The standard InChI is InChI=1S/C25H48O2/c1-5-7-8-9-10-11-12-13-14-15-16-17-18-19-20-21-23(3)22-24(4)25(26)27-6-2/h22-23H,5-21H2,1-4H3/b24-22+/t23-/m1/s1. The smallest absolute Gasteiger partial charge is 0.333 e. The summed E-state index contributed by atoms with van der Waals surface area (Å²) in [6.07, 6.45) is 24.3. The van der Waals surface area contributed by atoms with Crippen molar-refractivity contribution < 1.29 is 9.53 Å². The van der Waals surface area contributed by atoms with E-state index in [1.807, 2.05) is 13.8 Å². The number of carbonyl (C=O) groups excluding carboxylic acids is 1. The highest BCUT2D eigenvalue weighted by Gasteiger charge is 2.06. The third-order valence-corrected chi connectivity index (χ3v) is 5.39. The third-order valence-electron chi connectivity index (χ3n) is 5.39. The lowest BCUT2D eigenvalue weighted by Gasteiger charge is -2.08. The van der Waals surface area contributed by atoms with Gasteiger partial charge in [0, 0.05) is 5.57 Å². The van der Waals surface area contributed by atoms with E-state index in [-0.39, 0.29) is 5.97 Å². The van der Waals surface area contributed by atoms with Crippen LogP contribution in [0.15, 0.2) is 11.6 Å². The van der Waals surface area contributed by atoms with E-state index in [1.165, 1.54) is 103 Å². The molecule has 0 aliphatic carbocycles.